The van der Waals surface area contributed by atoms with Crippen LogP contribution in [0.15, 0.2) is 24.3 Å². The largest absolute Gasteiger partial charge is 0.349 e. The summed E-state index contributed by atoms with van der Waals surface area (Å²) in [6.45, 7) is 4.36. The summed E-state index contributed by atoms with van der Waals surface area (Å²) >= 11 is 5.31. The molecular formula is C11H13NS. The number of para-hydroxylation sites is 1. The van der Waals surface area contributed by atoms with Crippen molar-refractivity contribution in [3.63, 3.8) is 0 Å². The van der Waals surface area contributed by atoms with Crippen molar-refractivity contribution in [3.8, 4) is 0 Å². The third kappa shape index (κ3) is 1.46. The topological polar surface area (TPSA) is 12.0 Å². The van der Waals surface area contributed by atoms with Crippen LogP contribution >= 0.6 is 12.2 Å². The monoisotopic (exact) mass is 191 g/mol. The lowest BCUT2D eigenvalue weighted by Gasteiger charge is -2.33. The molecule has 0 fully saturated rings. The molecule has 0 radical (unpaired) electrons. The number of hydrogen-bond acceptors (Lipinski definition) is 1. The molecule has 1 nitrogen and oxygen atoms in total. The number of anilines is 1. The molecule has 2 heteroatoms. The SMILES string of the molecule is CC1(C)Cc2ccccc2NC1=S. The standard InChI is InChI=1S/C11H13NS/c1-11(2)7-8-5-3-4-6-9(8)12-10(11)13/h3-6H,7H2,1-2H3,(H,12,13). The molecule has 0 spiro atoms. The van der Waals surface area contributed by atoms with Crippen molar-refractivity contribution in [1.29, 1.82) is 0 Å². The molecule has 0 saturated heterocycles. The van der Waals surface area contributed by atoms with E-state index >= 15 is 0 Å². The Morgan fingerprint density at radius 3 is 2.77 bits per heavy atom. The third-order valence-electron chi connectivity index (χ3n) is 2.51. The molecule has 0 atom stereocenters. The highest BCUT2D eigenvalue weighted by atomic mass is 32.1. The average molecular weight is 191 g/mol. The quantitative estimate of drug-likeness (QED) is 0.633. The van der Waals surface area contributed by atoms with Crippen LogP contribution in [0.25, 0.3) is 0 Å². The minimum Gasteiger partial charge on any atom is -0.349 e. The van der Waals surface area contributed by atoms with Gasteiger partial charge in [0, 0.05) is 11.1 Å². The van der Waals surface area contributed by atoms with E-state index in [1.807, 2.05) is 6.07 Å². The third-order valence-corrected chi connectivity index (χ3v) is 3.17. The summed E-state index contributed by atoms with van der Waals surface area (Å²) in [6, 6.07) is 8.35. The van der Waals surface area contributed by atoms with Crippen molar-refractivity contribution in [1.82, 2.24) is 0 Å². The molecule has 0 saturated carbocycles. The Balaban J connectivity index is 2.44. The number of benzene rings is 1. The molecule has 0 amide bonds. The first-order valence-corrected chi connectivity index (χ1v) is 4.90. The molecule has 0 unspecified atom stereocenters. The predicted octanol–water partition coefficient (Wildman–Crippen LogP) is 3.01. The van der Waals surface area contributed by atoms with Crippen molar-refractivity contribution < 1.29 is 0 Å². The first-order chi connectivity index (χ1) is 6.09. The van der Waals surface area contributed by atoms with Crippen molar-refractivity contribution in [3.05, 3.63) is 29.8 Å². The van der Waals surface area contributed by atoms with Crippen LogP contribution in [-0.2, 0) is 6.42 Å². The van der Waals surface area contributed by atoms with Gasteiger partial charge >= 0.3 is 0 Å². The summed E-state index contributed by atoms with van der Waals surface area (Å²) in [5, 5.41) is 3.28. The number of thiocarbonyl (C=S) groups is 1. The second kappa shape index (κ2) is 2.81. The molecule has 1 aromatic rings. The molecule has 1 aliphatic heterocycles. The Labute approximate surface area is 84.2 Å². The zero-order valence-corrected chi connectivity index (χ0v) is 8.74. The number of hydrogen-bond donors (Lipinski definition) is 1. The Hall–Kier alpha value is -0.890. The fraction of sp³-hybridized carbons (Fsp3) is 0.364. The fourth-order valence-corrected chi connectivity index (χ4v) is 1.83. The molecule has 68 valence electrons. The zero-order valence-electron chi connectivity index (χ0n) is 7.92. The summed E-state index contributed by atoms with van der Waals surface area (Å²) in [5.41, 5.74) is 2.64. The maximum absolute atomic E-state index is 5.31. The second-order valence-electron chi connectivity index (χ2n) is 4.17. The summed E-state index contributed by atoms with van der Waals surface area (Å²) < 4.78 is 0. The van der Waals surface area contributed by atoms with Gasteiger partial charge in [-0.1, -0.05) is 44.3 Å². The summed E-state index contributed by atoms with van der Waals surface area (Å²) in [5.74, 6) is 0. The highest BCUT2D eigenvalue weighted by Gasteiger charge is 2.29. The van der Waals surface area contributed by atoms with Gasteiger partial charge in [-0.3, -0.25) is 0 Å². The molecule has 13 heavy (non-hydrogen) atoms. The van der Waals surface area contributed by atoms with E-state index in [4.69, 9.17) is 12.2 Å². The van der Waals surface area contributed by atoms with E-state index in [-0.39, 0.29) is 5.41 Å². The van der Waals surface area contributed by atoms with Crippen molar-refractivity contribution in [2.45, 2.75) is 20.3 Å². The molecule has 2 rings (SSSR count). The number of fused-ring (bicyclic) bond motifs is 1. The van der Waals surface area contributed by atoms with E-state index in [9.17, 15) is 0 Å². The van der Waals surface area contributed by atoms with Crippen LogP contribution in [-0.4, -0.2) is 4.99 Å². The maximum Gasteiger partial charge on any atom is 0.0857 e. The molecule has 1 N–H and O–H groups in total. The van der Waals surface area contributed by atoms with Gasteiger partial charge in [0.1, 0.15) is 0 Å². The van der Waals surface area contributed by atoms with E-state index in [2.05, 4.69) is 37.4 Å². The van der Waals surface area contributed by atoms with Crippen molar-refractivity contribution in [2.75, 3.05) is 5.32 Å². The fourth-order valence-electron chi connectivity index (χ4n) is 1.64. The lowest BCUT2D eigenvalue weighted by molar-refractivity contribution is 0.520. The van der Waals surface area contributed by atoms with Gasteiger partial charge in [-0.15, -0.1) is 0 Å². The second-order valence-corrected chi connectivity index (χ2v) is 4.58. The van der Waals surface area contributed by atoms with Gasteiger partial charge in [-0.05, 0) is 18.1 Å². The maximum atomic E-state index is 5.31. The highest BCUT2D eigenvalue weighted by molar-refractivity contribution is 7.80. The smallest absolute Gasteiger partial charge is 0.0857 e. The normalized spacial score (nSPS) is 19.1. The highest BCUT2D eigenvalue weighted by Crippen LogP contribution is 2.33. The van der Waals surface area contributed by atoms with Crippen molar-refractivity contribution >= 4 is 22.9 Å². The molecule has 1 aliphatic rings. The van der Waals surface area contributed by atoms with Gasteiger partial charge in [0.25, 0.3) is 0 Å². The van der Waals surface area contributed by atoms with Gasteiger partial charge < -0.3 is 5.32 Å². The Kier molecular flexibility index (Phi) is 1.88. The average Bonchev–Trinajstić information content (AvgIpc) is 2.06. The van der Waals surface area contributed by atoms with Gasteiger partial charge in [0.15, 0.2) is 0 Å². The van der Waals surface area contributed by atoms with E-state index < -0.39 is 0 Å². The van der Waals surface area contributed by atoms with Gasteiger partial charge in [-0.2, -0.15) is 0 Å². The summed E-state index contributed by atoms with van der Waals surface area (Å²) in [7, 11) is 0. The molecule has 1 aromatic carbocycles. The van der Waals surface area contributed by atoms with Gasteiger partial charge in [-0.25, -0.2) is 0 Å². The predicted molar refractivity (Wildman–Crippen MR) is 60.1 cm³/mol. The van der Waals surface area contributed by atoms with Crippen LogP contribution in [0, 0.1) is 5.41 Å². The van der Waals surface area contributed by atoms with Crippen molar-refractivity contribution in [2.24, 2.45) is 5.41 Å². The van der Waals surface area contributed by atoms with Gasteiger partial charge in [0.2, 0.25) is 0 Å². The molecule has 0 aliphatic carbocycles. The molecule has 0 bridgehead atoms. The van der Waals surface area contributed by atoms with E-state index in [0.29, 0.717) is 0 Å². The van der Waals surface area contributed by atoms with E-state index in [1.165, 1.54) is 11.3 Å². The van der Waals surface area contributed by atoms with Gasteiger partial charge in [0.05, 0.1) is 4.99 Å². The Morgan fingerprint density at radius 1 is 1.31 bits per heavy atom. The van der Waals surface area contributed by atoms with Crippen LogP contribution in [0.4, 0.5) is 5.69 Å². The lowest BCUT2D eigenvalue weighted by atomic mass is 9.82. The zero-order chi connectivity index (χ0) is 9.47. The van der Waals surface area contributed by atoms with Crippen LogP contribution in [0.2, 0.25) is 0 Å². The summed E-state index contributed by atoms with van der Waals surface area (Å²) in [4.78, 5) is 0.950. The lowest BCUT2D eigenvalue weighted by Crippen LogP contribution is -2.35. The number of nitrogens with one attached hydrogen (secondary N) is 1. The first-order valence-electron chi connectivity index (χ1n) is 4.49. The molecule has 1 heterocycles. The first kappa shape index (κ1) is 8.70. The molecule has 0 aromatic heterocycles. The minimum atomic E-state index is 0.101. The molecular weight excluding hydrogens is 178 g/mol. The van der Waals surface area contributed by atoms with Crippen LogP contribution < -0.4 is 5.32 Å². The van der Waals surface area contributed by atoms with E-state index in [0.717, 1.165) is 11.4 Å². The van der Waals surface area contributed by atoms with E-state index in [1.54, 1.807) is 0 Å². The minimum absolute atomic E-state index is 0.101. The van der Waals surface area contributed by atoms with Crippen LogP contribution in [0.3, 0.4) is 0 Å². The van der Waals surface area contributed by atoms with Crippen LogP contribution in [0.5, 0.6) is 0 Å². The Bertz CT molecular complexity index is 355. The van der Waals surface area contributed by atoms with Crippen LogP contribution in [0.1, 0.15) is 19.4 Å². The summed E-state index contributed by atoms with van der Waals surface area (Å²) in [6.07, 6.45) is 1.04. The number of rotatable bonds is 0. The Morgan fingerprint density at radius 2 is 2.00 bits per heavy atom.